The average molecular weight is 383 g/mol. The minimum atomic E-state index is -3.75. The highest BCUT2D eigenvalue weighted by molar-refractivity contribution is 7.89. The molecule has 0 aliphatic carbocycles. The molecule has 0 bridgehead atoms. The van der Waals surface area contributed by atoms with Crippen molar-refractivity contribution in [1.82, 2.24) is 15.0 Å². The zero-order valence-electron chi connectivity index (χ0n) is 15.1. The van der Waals surface area contributed by atoms with Crippen molar-refractivity contribution in [2.24, 2.45) is 5.14 Å². The number of hydrogen-bond donors (Lipinski definition) is 2. The third-order valence-corrected chi connectivity index (χ3v) is 5.00. The molecule has 27 heavy (non-hydrogen) atoms. The highest BCUT2D eigenvalue weighted by Gasteiger charge is 2.13. The lowest BCUT2D eigenvalue weighted by Gasteiger charge is -2.17. The van der Waals surface area contributed by atoms with Crippen molar-refractivity contribution in [3.8, 4) is 11.5 Å². The standard InChI is InChI=1S/C19H21N5O2S/c1-3-15-12-18(24-19(23-15)17-9-4-5-10-21-17)22-13(2)14-7-6-8-16(11-14)27(20,25)26/h4-13H,3H2,1-2H3,(H2,20,25,26)(H,22,23,24). The summed E-state index contributed by atoms with van der Waals surface area (Å²) in [6, 6.07) is 13.8. The normalized spacial score (nSPS) is 12.6. The maximum absolute atomic E-state index is 11.6. The minimum absolute atomic E-state index is 0.0831. The summed E-state index contributed by atoms with van der Waals surface area (Å²) in [5.74, 6) is 1.19. The summed E-state index contributed by atoms with van der Waals surface area (Å²) in [5.41, 5.74) is 2.37. The predicted octanol–water partition coefficient (Wildman–Crippen LogP) is 2.92. The fourth-order valence-corrected chi connectivity index (χ4v) is 3.20. The van der Waals surface area contributed by atoms with Crippen LogP contribution < -0.4 is 10.5 Å². The topological polar surface area (TPSA) is 111 Å². The quantitative estimate of drug-likeness (QED) is 0.677. The van der Waals surface area contributed by atoms with Crippen molar-refractivity contribution >= 4 is 15.8 Å². The summed E-state index contributed by atoms with van der Waals surface area (Å²) in [6.07, 6.45) is 2.46. The Balaban J connectivity index is 1.91. The number of aryl methyl sites for hydroxylation is 1. The zero-order chi connectivity index (χ0) is 19.4. The van der Waals surface area contributed by atoms with Crippen LogP contribution in [0.4, 0.5) is 5.82 Å². The first kappa shape index (κ1) is 18.9. The van der Waals surface area contributed by atoms with Gasteiger partial charge < -0.3 is 5.32 Å². The van der Waals surface area contributed by atoms with Crippen LogP contribution in [-0.4, -0.2) is 23.4 Å². The van der Waals surface area contributed by atoms with Gasteiger partial charge in [0.05, 0.1) is 4.90 Å². The van der Waals surface area contributed by atoms with Gasteiger partial charge in [-0.15, -0.1) is 0 Å². The van der Waals surface area contributed by atoms with Gasteiger partial charge in [-0.2, -0.15) is 0 Å². The van der Waals surface area contributed by atoms with Gasteiger partial charge in [-0.25, -0.2) is 23.5 Å². The lowest BCUT2D eigenvalue weighted by Crippen LogP contribution is -2.14. The van der Waals surface area contributed by atoms with Gasteiger partial charge in [0.25, 0.3) is 0 Å². The molecule has 0 radical (unpaired) electrons. The lowest BCUT2D eigenvalue weighted by atomic mass is 10.1. The molecule has 3 N–H and O–H groups in total. The number of anilines is 1. The van der Waals surface area contributed by atoms with Crippen LogP contribution in [0.1, 0.15) is 31.1 Å². The van der Waals surface area contributed by atoms with Gasteiger partial charge in [-0.1, -0.05) is 25.1 Å². The number of nitrogens with zero attached hydrogens (tertiary/aromatic N) is 3. The largest absolute Gasteiger partial charge is 0.363 e. The molecular weight excluding hydrogens is 362 g/mol. The second-order valence-corrected chi connectivity index (χ2v) is 7.68. The van der Waals surface area contributed by atoms with Gasteiger partial charge >= 0.3 is 0 Å². The smallest absolute Gasteiger partial charge is 0.238 e. The Morgan fingerprint density at radius 1 is 1.11 bits per heavy atom. The van der Waals surface area contributed by atoms with E-state index < -0.39 is 10.0 Å². The Bertz CT molecular complexity index is 1040. The highest BCUT2D eigenvalue weighted by Crippen LogP contribution is 2.22. The Morgan fingerprint density at radius 3 is 2.59 bits per heavy atom. The molecule has 140 valence electrons. The number of benzene rings is 1. The van der Waals surface area contributed by atoms with Crippen LogP contribution >= 0.6 is 0 Å². The number of primary sulfonamides is 1. The Hall–Kier alpha value is -2.84. The van der Waals surface area contributed by atoms with Gasteiger partial charge in [0, 0.05) is 24.0 Å². The Kier molecular flexibility index (Phi) is 5.48. The van der Waals surface area contributed by atoms with Gasteiger partial charge in [0.2, 0.25) is 10.0 Å². The summed E-state index contributed by atoms with van der Waals surface area (Å²) in [4.78, 5) is 13.5. The number of aromatic nitrogens is 3. The van der Waals surface area contributed by atoms with Crippen LogP contribution in [0.3, 0.4) is 0 Å². The molecule has 1 atom stereocenters. The maximum Gasteiger partial charge on any atom is 0.238 e. The van der Waals surface area contributed by atoms with E-state index in [0.717, 1.165) is 17.7 Å². The SMILES string of the molecule is CCc1cc(NC(C)c2cccc(S(N)(=O)=O)c2)nc(-c2ccccn2)n1. The first-order valence-electron chi connectivity index (χ1n) is 8.55. The molecule has 0 saturated carbocycles. The molecular formula is C19H21N5O2S. The highest BCUT2D eigenvalue weighted by atomic mass is 32.2. The van der Waals surface area contributed by atoms with E-state index in [9.17, 15) is 8.42 Å². The first-order valence-corrected chi connectivity index (χ1v) is 10.1. The van der Waals surface area contributed by atoms with E-state index in [2.05, 4.69) is 20.3 Å². The number of nitrogens with two attached hydrogens (primary N) is 1. The molecule has 2 aromatic heterocycles. The second-order valence-electron chi connectivity index (χ2n) is 6.12. The number of pyridine rings is 1. The average Bonchev–Trinajstić information content (AvgIpc) is 2.67. The van der Waals surface area contributed by atoms with E-state index >= 15 is 0 Å². The van der Waals surface area contributed by atoms with Crippen LogP contribution in [0.5, 0.6) is 0 Å². The molecule has 0 aliphatic heterocycles. The van der Waals surface area contributed by atoms with Crippen molar-refractivity contribution in [3.63, 3.8) is 0 Å². The fourth-order valence-electron chi connectivity index (χ4n) is 2.63. The van der Waals surface area contributed by atoms with Crippen LogP contribution in [-0.2, 0) is 16.4 Å². The molecule has 3 rings (SSSR count). The van der Waals surface area contributed by atoms with Crippen LogP contribution in [0.2, 0.25) is 0 Å². The zero-order valence-corrected chi connectivity index (χ0v) is 15.9. The van der Waals surface area contributed by atoms with E-state index in [4.69, 9.17) is 5.14 Å². The van der Waals surface area contributed by atoms with Crippen molar-refractivity contribution in [2.45, 2.75) is 31.2 Å². The van der Waals surface area contributed by atoms with Crippen molar-refractivity contribution in [1.29, 1.82) is 0 Å². The molecule has 0 aliphatic rings. The fraction of sp³-hybridized carbons (Fsp3) is 0.211. The maximum atomic E-state index is 11.6. The van der Waals surface area contributed by atoms with Crippen LogP contribution in [0.15, 0.2) is 59.6 Å². The Morgan fingerprint density at radius 2 is 1.93 bits per heavy atom. The second kappa shape index (κ2) is 7.81. The summed E-state index contributed by atoms with van der Waals surface area (Å²) in [6.45, 7) is 3.95. The molecule has 0 amide bonds. The molecule has 1 unspecified atom stereocenters. The first-order chi connectivity index (χ1) is 12.9. The molecule has 0 fully saturated rings. The number of rotatable bonds is 6. The van der Waals surface area contributed by atoms with Gasteiger partial charge in [-0.3, -0.25) is 4.98 Å². The summed E-state index contributed by atoms with van der Waals surface area (Å²) < 4.78 is 23.2. The third-order valence-electron chi connectivity index (χ3n) is 4.09. The molecule has 0 saturated heterocycles. The summed E-state index contributed by atoms with van der Waals surface area (Å²) >= 11 is 0. The van der Waals surface area contributed by atoms with E-state index in [-0.39, 0.29) is 10.9 Å². The van der Waals surface area contributed by atoms with Gasteiger partial charge in [-0.05, 0) is 43.2 Å². The summed E-state index contributed by atoms with van der Waals surface area (Å²) in [5, 5.41) is 8.53. The van der Waals surface area contributed by atoms with E-state index in [1.807, 2.05) is 44.2 Å². The third kappa shape index (κ3) is 4.66. The molecule has 2 heterocycles. The van der Waals surface area contributed by atoms with Gasteiger partial charge in [0.15, 0.2) is 5.82 Å². The van der Waals surface area contributed by atoms with Crippen LogP contribution in [0.25, 0.3) is 11.5 Å². The summed E-state index contributed by atoms with van der Waals surface area (Å²) in [7, 11) is -3.75. The van der Waals surface area contributed by atoms with Crippen molar-refractivity contribution in [2.75, 3.05) is 5.32 Å². The van der Waals surface area contributed by atoms with Crippen LogP contribution in [0, 0.1) is 0 Å². The van der Waals surface area contributed by atoms with E-state index in [1.165, 1.54) is 6.07 Å². The number of nitrogens with one attached hydrogen (secondary N) is 1. The Labute approximate surface area is 158 Å². The molecule has 3 aromatic rings. The van der Waals surface area contributed by atoms with Crippen molar-refractivity contribution in [3.05, 3.63) is 66.0 Å². The predicted molar refractivity (Wildman–Crippen MR) is 104 cm³/mol. The number of sulfonamides is 1. The lowest BCUT2D eigenvalue weighted by molar-refractivity contribution is 0.597. The van der Waals surface area contributed by atoms with E-state index in [1.54, 1.807) is 18.3 Å². The molecule has 1 aromatic carbocycles. The minimum Gasteiger partial charge on any atom is -0.363 e. The van der Waals surface area contributed by atoms with Crippen molar-refractivity contribution < 1.29 is 8.42 Å². The van der Waals surface area contributed by atoms with E-state index in [0.29, 0.717) is 17.3 Å². The number of hydrogen-bond acceptors (Lipinski definition) is 6. The molecule has 0 spiro atoms. The monoisotopic (exact) mass is 383 g/mol. The van der Waals surface area contributed by atoms with Gasteiger partial charge in [0.1, 0.15) is 11.5 Å². The molecule has 8 heteroatoms. The molecule has 7 nitrogen and oxygen atoms in total.